The lowest BCUT2D eigenvalue weighted by atomic mass is 9.94. The third-order valence-electron chi connectivity index (χ3n) is 5.22. The largest absolute Gasteiger partial charge is 0.355 e. The van der Waals surface area contributed by atoms with E-state index in [1.54, 1.807) is 0 Å². The van der Waals surface area contributed by atoms with Gasteiger partial charge in [0.2, 0.25) is 5.91 Å². The van der Waals surface area contributed by atoms with E-state index in [0.717, 1.165) is 19.4 Å². The fourth-order valence-electron chi connectivity index (χ4n) is 4.03. The summed E-state index contributed by atoms with van der Waals surface area (Å²) in [6, 6.07) is 6.49. The second-order valence-electron chi connectivity index (χ2n) is 7.85. The molecule has 0 unspecified atom stereocenters. The minimum atomic E-state index is -0.205. The van der Waals surface area contributed by atoms with Gasteiger partial charge in [-0.25, -0.2) is 0 Å². The van der Waals surface area contributed by atoms with Crippen LogP contribution in [-0.2, 0) is 17.8 Å². The highest BCUT2D eigenvalue weighted by Gasteiger charge is 2.30. The Balaban J connectivity index is 2.06. The summed E-state index contributed by atoms with van der Waals surface area (Å²) in [7, 11) is 0. The number of hydrogen-bond acceptors (Lipinski definition) is 2. The Hall–Kier alpha value is -2.25. The van der Waals surface area contributed by atoms with Gasteiger partial charge >= 0.3 is 0 Å². The average molecular weight is 366 g/mol. The van der Waals surface area contributed by atoms with Crippen molar-refractivity contribution in [2.75, 3.05) is 6.54 Å². The van der Waals surface area contributed by atoms with Crippen LogP contribution in [0.25, 0.3) is 10.9 Å². The molecule has 0 fully saturated rings. The van der Waals surface area contributed by atoms with Crippen molar-refractivity contribution in [1.82, 2.24) is 15.2 Å². The zero-order valence-corrected chi connectivity index (χ0v) is 16.9. The molecule has 0 aliphatic carbocycles. The highest BCUT2D eigenvalue weighted by molar-refractivity contribution is 5.90. The fourth-order valence-corrected chi connectivity index (χ4v) is 4.03. The first-order chi connectivity index (χ1) is 13.0. The second kappa shape index (κ2) is 8.63. The van der Waals surface area contributed by atoms with E-state index in [9.17, 15) is 4.79 Å². The van der Waals surface area contributed by atoms with Gasteiger partial charge < -0.3 is 9.88 Å². The first kappa shape index (κ1) is 19.5. The van der Waals surface area contributed by atoms with E-state index >= 15 is 0 Å². The van der Waals surface area contributed by atoms with Crippen LogP contribution in [0.3, 0.4) is 0 Å². The molecule has 144 valence electrons. The molecule has 1 amide bonds. The fraction of sp³-hybridized carbons (Fsp3) is 0.522. The normalized spacial score (nSPS) is 18.9. The third kappa shape index (κ3) is 4.20. The molecule has 1 aromatic carbocycles. The number of hydrogen-bond donors (Lipinski definition) is 2. The Labute approximate surface area is 162 Å². The zero-order chi connectivity index (χ0) is 19.4. The van der Waals surface area contributed by atoms with Gasteiger partial charge in [-0.1, -0.05) is 38.8 Å². The van der Waals surface area contributed by atoms with E-state index in [2.05, 4.69) is 72.2 Å². The molecule has 0 saturated heterocycles. The van der Waals surface area contributed by atoms with Crippen LogP contribution in [0, 0.1) is 17.8 Å². The van der Waals surface area contributed by atoms with E-state index in [4.69, 9.17) is 0 Å². The van der Waals surface area contributed by atoms with Crippen LogP contribution < -0.4 is 10.6 Å². The molecule has 0 bridgehead atoms. The summed E-state index contributed by atoms with van der Waals surface area (Å²) < 4.78 is 2.23. The summed E-state index contributed by atoms with van der Waals surface area (Å²) >= 11 is 0. The maximum atomic E-state index is 12.8. The number of aromatic nitrogens is 1. The average Bonchev–Trinajstić information content (AvgIpc) is 2.92. The van der Waals surface area contributed by atoms with Crippen LogP contribution in [0.4, 0.5) is 0 Å². The van der Waals surface area contributed by atoms with Gasteiger partial charge in [-0.15, -0.1) is 5.92 Å². The lowest BCUT2D eigenvalue weighted by Gasteiger charge is -2.25. The molecule has 0 spiro atoms. The van der Waals surface area contributed by atoms with Gasteiger partial charge in [0, 0.05) is 29.7 Å². The van der Waals surface area contributed by atoms with Crippen molar-refractivity contribution in [1.29, 1.82) is 0 Å². The molecule has 2 atom stereocenters. The van der Waals surface area contributed by atoms with Crippen molar-refractivity contribution >= 4 is 16.8 Å². The van der Waals surface area contributed by atoms with Crippen molar-refractivity contribution in [3.63, 3.8) is 0 Å². The van der Waals surface area contributed by atoms with E-state index in [0.29, 0.717) is 18.9 Å². The van der Waals surface area contributed by atoms with Gasteiger partial charge in [0.05, 0.1) is 12.6 Å². The lowest BCUT2D eigenvalue weighted by Crippen LogP contribution is -2.46. The number of nitrogens with zero attached hydrogens (tertiary/aromatic N) is 1. The van der Waals surface area contributed by atoms with Gasteiger partial charge in [0.1, 0.15) is 0 Å². The lowest BCUT2D eigenvalue weighted by molar-refractivity contribution is -0.123. The minimum absolute atomic E-state index is 0.104. The van der Waals surface area contributed by atoms with Crippen molar-refractivity contribution in [2.24, 2.45) is 5.92 Å². The number of carbonyl (C=O) groups excluding carboxylic acids is 1. The molecule has 1 aliphatic rings. The van der Waals surface area contributed by atoms with Crippen molar-refractivity contribution in [2.45, 2.75) is 65.6 Å². The molecular formula is C23H31N3O. The summed E-state index contributed by atoms with van der Waals surface area (Å²) in [6.45, 7) is 9.84. The van der Waals surface area contributed by atoms with E-state index in [1.165, 1.54) is 22.0 Å². The van der Waals surface area contributed by atoms with Crippen molar-refractivity contribution < 1.29 is 4.79 Å². The van der Waals surface area contributed by atoms with Gasteiger partial charge in [0.25, 0.3) is 0 Å². The maximum absolute atomic E-state index is 12.8. The molecule has 2 heterocycles. The Morgan fingerprint density at radius 3 is 2.93 bits per heavy atom. The summed E-state index contributed by atoms with van der Waals surface area (Å²) in [5, 5.41) is 8.04. The second-order valence-corrected chi connectivity index (χ2v) is 7.85. The first-order valence-electron chi connectivity index (χ1n) is 10.1. The molecule has 1 aliphatic heterocycles. The highest BCUT2D eigenvalue weighted by Crippen LogP contribution is 2.35. The minimum Gasteiger partial charge on any atom is -0.355 e. The SMILES string of the molecule is CC#CCn1cc2c3c(cccc31)[C@H](CC(C)C)N[C@H](C(=O)NCCC)C2. The van der Waals surface area contributed by atoms with Crippen LogP contribution in [0.5, 0.6) is 0 Å². The molecule has 0 saturated carbocycles. The number of amides is 1. The van der Waals surface area contributed by atoms with Gasteiger partial charge in [-0.3, -0.25) is 10.1 Å². The summed E-state index contributed by atoms with van der Waals surface area (Å²) in [5.41, 5.74) is 3.77. The molecular weight excluding hydrogens is 334 g/mol. The smallest absolute Gasteiger partial charge is 0.237 e. The quantitative estimate of drug-likeness (QED) is 0.765. The van der Waals surface area contributed by atoms with Crippen LogP contribution in [0.15, 0.2) is 24.4 Å². The zero-order valence-electron chi connectivity index (χ0n) is 16.9. The summed E-state index contributed by atoms with van der Waals surface area (Å²) in [5.74, 6) is 6.81. The van der Waals surface area contributed by atoms with Crippen LogP contribution in [-0.4, -0.2) is 23.1 Å². The topological polar surface area (TPSA) is 46.1 Å². The van der Waals surface area contributed by atoms with Gasteiger partial charge in [0.15, 0.2) is 0 Å². The van der Waals surface area contributed by atoms with Gasteiger partial charge in [-0.05, 0) is 49.3 Å². The predicted molar refractivity (Wildman–Crippen MR) is 112 cm³/mol. The van der Waals surface area contributed by atoms with E-state index in [1.807, 2.05) is 6.92 Å². The van der Waals surface area contributed by atoms with Crippen molar-refractivity contribution in [3.05, 3.63) is 35.5 Å². The highest BCUT2D eigenvalue weighted by atomic mass is 16.2. The summed E-state index contributed by atoms with van der Waals surface area (Å²) in [4.78, 5) is 12.8. The Kier molecular flexibility index (Phi) is 6.23. The molecule has 1 aromatic heterocycles. The number of carbonyl (C=O) groups is 1. The molecule has 2 N–H and O–H groups in total. The Morgan fingerprint density at radius 1 is 1.41 bits per heavy atom. The number of benzene rings is 1. The molecule has 3 rings (SSSR count). The molecule has 2 aromatic rings. The summed E-state index contributed by atoms with van der Waals surface area (Å²) in [6.07, 6.45) is 4.86. The first-order valence-corrected chi connectivity index (χ1v) is 10.1. The Morgan fingerprint density at radius 2 is 2.22 bits per heavy atom. The number of nitrogens with one attached hydrogen (secondary N) is 2. The van der Waals surface area contributed by atoms with E-state index in [-0.39, 0.29) is 18.0 Å². The molecule has 27 heavy (non-hydrogen) atoms. The van der Waals surface area contributed by atoms with Crippen LogP contribution in [0.2, 0.25) is 0 Å². The van der Waals surface area contributed by atoms with Crippen LogP contribution in [0.1, 0.15) is 57.7 Å². The third-order valence-corrected chi connectivity index (χ3v) is 5.22. The molecule has 4 nitrogen and oxygen atoms in total. The molecule has 4 heteroatoms. The number of rotatable bonds is 6. The van der Waals surface area contributed by atoms with E-state index < -0.39 is 0 Å². The maximum Gasteiger partial charge on any atom is 0.237 e. The van der Waals surface area contributed by atoms with Crippen molar-refractivity contribution in [3.8, 4) is 11.8 Å². The predicted octanol–water partition coefficient (Wildman–Crippen LogP) is 3.79. The monoisotopic (exact) mass is 365 g/mol. The molecule has 0 radical (unpaired) electrons. The van der Waals surface area contributed by atoms with Crippen LogP contribution >= 0.6 is 0 Å². The van der Waals surface area contributed by atoms with Gasteiger partial charge in [-0.2, -0.15) is 0 Å². The standard InChI is InChI=1S/C23H31N3O/c1-5-7-12-26-15-17-14-20(23(27)24-11-6-2)25-19(13-16(3)4)18-9-8-10-21(26)22(17)18/h8-10,15-16,19-20,25H,6,11-14H2,1-4H3,(H,24,27)/t19-,20-/m0/s1. The Bertz CT molecular complexity index is 869.